The molecule has 1 heterocycles. The first-order chi connectivity index (χ1) is 12.5. The third kappa shape index (κ3) is 4.56. The van der Waals surface area contributed by atoms with E-state index in [9.17, 15) is 9.59 Å². The lowest BCUT2D eigenvalue weighted by molar-refractivity contribution is -0.122. The van der Waals surface area contributed by atoms with Crippen molar-refractivity contribution in [2.24, 2.45) is 4.99 Å². The fourth-order valence-electron chi connectivity index (χ4n) is 2.34. The molecule has 0 radical (unpaired) electrons. The maximum atomic E-state index is 12.3. The molecule has 1 aliphatic rings. The van der Waals surface area contributed by atoms with Gasteiger partial charge in [-0.25, -0.2) is 4.99 Å². The van der Waals surface area contributed by atoms with Gasteiger partial charge in [0.2, 0.25) is 11.8 Å². The molecule has 1 aliphatic heterocycles. The number of halogens is 1. The molecule has 1 fully saturated rings. The van der Waals surface area contributed by atoms with Crippen molar-refractivity contribution < 1.29 is 14.3 Å². The Labute approximate surface area is 160 Å². The summed E-state index contributed by atoms with van der Waals surface area (Å²) in [4.78, 5) is 28.7. The first-order valence-electron chi connectivity index (χ1n) is 7.80. The van der Waals surface area contributed by atoms with E-state index >= 15 is 0 Å². The zero-order valence-corrected chi connectivity index (χ0v) is 15.4. The van der Waals surface area contributed by atoms with Gasteiger partial charge in [-0.1, -0.05) is 35.5 Å². The number of nitrogens with zero attached hydrogens (tertiary/aromatic N) is 1. The largest absolute Gasteiger partial charge is 0.495 e. The van der Waals surface area contributed by atoms with Crippen LogP contribution in [-0.2, 0) is 9.59 Å². The maximum absolute atomic E-state index is 12.3. The van der Waals surface area contributed by atoms with Crippen LogP contribution < -0.4 is 15.4 Å². The molecule has 2 N–H and O–H groups in total. The SMILES string of the molecule is COc1ccccc1NC(=O)C[C@H]1SC(=Nc2ccc(Cl)cc2)NC1=O. The molecule has 2 aromatic rings. The van der Waals surface area contributed by atoms with Gasteiger partial charge in [0.25, 0.3) is 0 Å². The average molecular weight is 390 g/mol. The van der Waals surface area contributed by atoms with E-state index in [0.29, 0.717) is 27.3 Å². The van der Waals surface area contributed by atoms with Gasteiger partial charge in [0.1, 0.15) is 11.0 Å². The summed E-state index contributed by atoms with van der Waals surface area (Å²) >= 11 is 7.07. The van der Waals surface area contributed by atoms with Gasteiger partial charge in [0.05, 0.1) is 18.5 Å². The number of amides is 2. The van der Waals surface area contributed by atoms with E-state index in [1.165, 1.54) is 18.9 Å². The number of anilines is 1. The highest BCUT2D eigenvalue weighted by atomic mass is 35.5. The molecule has 134 valence electrons. The minimum absolute atomic E-state index is 0.0359. The Balaban J connectivity index is 1.62. The predicted octanol–water partition coefficient (Wildman–Crippen LogP) is 3.60. The molecule has 26 heavy (non-hydrogen) atoms. The number of carbonyl (C=O) groups is 2. The third-order valence-corrected chi connectivity index (χ3v) is 4.92. The molecule has 2 amide bonds. The van der Waals surface area contributed by atoms with E-state index in [1.54, 1.807) is 42.5 Å². The first-order valence-corrected chi connectivity index (χ1v) is 9.05. The van der Waals surface area contributed by atoms with Crippen LogP contribution in [0.2, 0.25) is 5.02 Å². The number of rotatable bonds is 5. The smallest absolute Gasteiger partial charge is 0.240 e. The second-order valence-corrected chi connectivity index (χ2v) is 7.07. The Morgan fingerprint density at radius 1 is 1.27 bits per heavy atom. The van der Waals surface area contributed by atoms with Crippen molar-refractivity contribution in [3.8, 4) is 5.75 Å². The Hall–Kier alpha value is -2.51. The number of para-hydroxylation sites is 2. The quantitative estimate of drug-likeness (QED) is 0.818. The lowest BCUT2D eigenvalue weighted by Crippen LogP contribution is -2.28. The zero-order valence-electron chi connectivity index (χ0n) is 13.9. The molecule has 0 bridgehead atoms. The molecule has 0 saturated carbocycles. The van der Waals surface area contributed by atoms with Crippen molar-refractivity contribution in [2.45, 2.75) is 11.7 Å². The topological polar surface area (TPSA) is 79.8 Å². The van der Waals surface area contributed by atoms with Crippen molar-refractivity contribution >= 4 is 51.7 Å². The number of hydrogen-bond donors (Lipinski definition) is 2. The number of amidine groups is 1. The monoisotopic (exact) mass is 389 g/mol. The third-order valence-electron chi connectivity index (χ3n) is 3.59. The molecule has 0 spiro atoms. The maximum Gasteiger partial charge on any atom is 0.240 e. The van der Waals surface area contributed by atoms with E-state index in [0.717, 1.165) is 0 Å². The molecule has 2 aromatic carbocycles. The first kappa shape index (κ1) is 18.3. The normalized spacial score (nSPS) is 17.8. The number of carbonyl (C=O) groups excluding carboxylic acids is 2. The van der Waals surface area contributed by atoms with Gasteiger partial charge in [-0.05, 0) is 36.4 Å². The Kier molecular flexibility index (Phi) is 5.80. The van der Waals surface area contributed by atoms with E-state index < -0.39 is 5.25 Å². The fraction of sp³-hybridized carbons (Fsp3) is 0.167. The number of benzene rings is 2. The summed E-state index contributed by atoms with van der Waals surface area (Å²) in [6.45, 7) is 0. The molecule has 0 aliphatic carbocycles. The van der Waals surface area contributed by atoms with Gasteiger partial charge >= 0.3 is 0 Å². The van der Waals surface area contributed by atoms with Crippen LogP contribution in [0.25, 0.3) is 0 Å². The lowest BCUT2D eigenvalue weighted by Gasteiger charge is -2.10. The van der Waals surface area contributed by atoms with Crippen LogP contribution in [0, 0.1) is 0 Å². The van der Waals surface area contributed by atoms with Crippen molar-refractivity contribution in [1.29, 1.82) is 0 Å². The standard InChI is InChI=1S/C18H16ClN3O3S/c1-25-14-5-3-2-4-13(14)21-16(23)10-15-17(24)22-18(26-15)20-12-8-6-11(19)7-9-12/h2-9,15H,10H2,1H3,(H,21,23)(H,20,22,24)/t15-/m1/s1. The summed E-state index contributed by atoms with van der Waals surface area (Å²) in [5, 5.41) is 6.01. The molecule has 3 rings (SSSR count). The molecular weight excluding hydrogens is 374 g/mol. The molecule has 6 nitrogen and oxygen atoms in total. The van der Waals surface area contributed by atoms with Crippen molar-refractivity contribution in [3.63, 3.8) is 0 Å². The predicted molar refractivity (Wildman–Crippen MR) is 104 cm³/mol. The Morgan fingerprint density at radius 3 is 2.73 bits per heavy atom. The number of hydrogen-bond acceptors (Lipinski definition) is 5. The van der Waals surface area contributed by atoms with Gasteiger partial charge < -0.3 is 15.4 Å². The van der Waals surface area contributed by atoms with Gasteiger partial charge in [-0.3, -0.25) is 9.59 Å². The van der Waals surface area contributed by atoms with Crippen LogP contribution in [0.15, 0.2) is 53.5 Å². The van der Waals surface area contributed by atoms with Crippen LogP contribution in [0.1, 0.15) is 6.42 Å². The molecule has 1 atom stereocenters. The number of thioether (sulfide) groups is 1. The summed E-state index contributed by atoms with van der Waals surface area (Å²) in [6.07, 6.45) is 0.0359. The average Bonchev–Trinajstić information content (AvgIpc) is 2.96. The van der Waals surface area contributed by atoms with E-state index in [4.69, 9.17) is 16.3 Å². The minimum atomic E-state index is -0.532. The van der Waals surface area contributed by atoms with Crippen molar-refractivity contribution in [2.75, 3.05) is 12.4 Å². The van der Waals surface area contributed by atoms with Crippen LogP contribution >= 0.6 is 23.4 Å². The number of ether oxygens (including phenoxy) is 1. The van der Waals surface area contributed by atoms with Crippen LogP contribution in [0.5, 0.6) is 5.75 Å². The van der Waals surface area contributed by atoms with Crippen LogP contribution in [0.4, 0.5) is 11.4 Å². The minimum Gasteiger partial charge on any atom is -0.495 e. The molecule has 0 aromatic heterocycles. The van der Waals surface area contributed by atoms with E-state index in [2.05, 4.69) is 15.6 Å². The highest BCUT2D eigenvalue weighted by molar-refractivity contribution is 8.15. The van der Waals surface area contributed by atoms with Gasteiger partial charge in [-0.2, -0.15) is 0 Å². The highest BCUT2D eigenvalue weighted by Gasteiger charge is 2.32. The van der Waals surface area contributed by atoms with E-state index in [1.807, 2.05) is 6.07 Å². The van der Waals surface area contributed by atoms with Crippen molar-refractivity contribution in [1.82, 2.24) is 5.32 Å². The number of aliphatic imine (C=N–C) groups is 1. The van der Waals surface area contributed by atoms with Crippen LogP contribution in [-0.4, -0.2) is 29.3 Å². The number of nitrogens with one attached hydrogen (secondary N) is 2. The van der Waals surface area contributed by atoms with Gasteiger partial charge in [0.15, 0.2) is 5.17 Å². The van der Waals surface area contributed by atoms with Gasteiger partial charge in [0, 0.05) is 11.4 Å². The van der Waals surface area contributed by atoms with Crippen molar-refractivity contribution in [3.05, 3.63) is 53.6 Å². The summed E-state index contributed by atoms with van der Waals surface area (Å²) < 4.78 is 5.20. The zero-order chi connectivity index (χ0) is 18.5. The van der Waals surface area contributed by atoms with Gasteiger partial charge in [-0.15, -0.1) is 0 Å². The summed E-state index contributed by atoms with van der Waals surface area (Å²) in [5.74, 6) is 0.0575. The summed E-state index contributed by atoms with van der Waals surface area (Å²) in [7, 11) is 1.53. The Bertz CT molecular complexity index is 855. The highest BCUT2D eigenvalue weighted by Crippen LogP contribution is 2.27. The summed E-state index contributed by atoms with van der Waals surface area (Å²) in [6, 6.07) is 14.1. The molecule has 1 saturated heterocycles. The van der Waals surface area contributed by atoms with E-state index in [-0.39, 0.29) is 18.2 Å². The fourth-order valence-corrected chi connectivity index (χ4v) is 3.46. The molecule has 8 heteroatoms. The molecular formula is C18H16ClN3O3S. The lowest BCUT2D eigenvalue weighted by atomic mass is 10.2. The second-order valence-electron chi connectivity index (χ2n) is 5.44. The van der Waals surface area contributed by atoms with Crippen LogP contribution in [0.3, 0.4) is 0 Å². The summed E-state index contributed by atoms with van der Waals surface area (Å²) in [5.41, 5.74) is 1.25. The second kappa shape index (κ2) is 8.25. The number of methoxy groups -OCH3 is 1. The Morgan fingerprint density at radius 2 is 2.00 bits per heavy atom. The molecule has 0 unspecified atom stereocenters.